The summed E-state index contributed by atoms with van der Waals surface area (Å²) < 4.78 is 25.2. The van der Waals surface area contributed by atoms with Gasteiger partial charge in [-0.3, -0.25) is 9.73 Å². The summed E-state index contributed by atoms with van der Waals surface area (Å²) in [4.78, 5) is 4.53. The van der Waals surface area contributed by atoms with Gasteiger partial charge in [-0.2, -0.15) is 5.10 Å². The van der Waals surface area contributed by atoms with Crippen molar-refractivity contribution in [3.05, 3.63) is 59.7 Å². The lowest BCUT2D eigenvalue weighted by molar-refractivity contribution is 0.598. The highest BCUT2D eigenvalue weighted by Gasteiger charge is 2.26. The fourth-order valence-electron chi connectivity index (χ4n) is 3.04. The Balaban J connectivity index is 1.54. The molecule has 2 heterocycles. The van der Waals surface area contributed by atoms with E-state index >= 15 is 0 Å². The van der Waals surface area contributed by atoms with E-state index in [1.165, 1.54) is 10.6 Å². The van der Waals surface area contributed by atoms with E-state index in [4.69, 9.17) is 0 Å². The van der Waals surface area contributed by atoms with Gasteiger partial charge in [-0.05, 0) is 41.8 Å². The minimum atomic E-state index is -3.22. The van der Waals surface area contributed by atoms with Crippen molar-refractivity contribution in [1.29, 1.82) is 0 Å². The SMILES string of the molecule is CS(=O)(=O)N1CCc2cc(C3=NNC(=Nc4ccccc4)SC3)ccc21. The van der Waals surface area contributed by atoms with Crippen LogP contribution in [0.25, 0.3) is 0 Å². The molecule has 4 rings (SSSR count). The number of benzene rings is 2. The van der Waals surface area contributed by atoms with Crippen LogP contribution in [0.3, 0.4) is 0 Å². The van der Waals surface area contributed by atoms with Gasteiger partial charge in [0.25, 0.3) is 0 Å². The molecule has 6 nitrogen and oxygen atoms in total. The van der Waals surface area contributed by atoms with Crippen molar-refractivity contribution in [2.24, 2.45) is 10.1 Å². The Bertz CT molecular complexity index is 1000. The van der Waals surface area contributed by atoms with Gasteiger partial charge in [-0.25, -0.2) is 13.4 Å². The Hall–Kier alpha value is -2.32. The molecule has 0 bridgehead atoms. The van der Waals surface area contributed by atoms with E-state index in [0.717, 1.165) is 39.8 Å². The van der Waals surface area contributed by atoms with Crippen LogP contribution in [-0.4, -0.2) is 37.9 Å². The lowest BCUT2D eigenvalue weighted by Gasteiger charge is -2.18. The van der Waals surface area contributed by atoms with Crippen LogP contribution in [0.4, 0.5) is 11.4 Å². The number of para-hydroxylation sites is 1. The molecular formula is C18H18N4O2S2. The summed E-state index contributed by atoms with van der Waals surface area (Å²) in [7, 11) is -3.22. The van der Waals surface area contributed by atoms with Gasteiger partial charge in [-0.15, -0.1) is 0 Å². The Kier molecular flexibility index (Phi) is 4.46. The van der Waals surface area contributed by atoms with Gasteiger partial charge in [0.2, 0.25) is 10.0 Å². The van der Waals surface area contributed by atoms with Crippen molar-refractivity contribution < 1.29 is 8.42 Å². The van der Waals surface area contributed by atoms with Crippen LogP contribution < -0.4 is 9.73 Å². The van der Waals surface area contributed by atoms with Crippen LogP contribution in [0.2, 0.25) is 0 Å². The van der Waals surface area contributed by atoms with Crippen LogP contribution in [0.1, 0.15) is 11.1 Å². The molecule has 2 aliphatic rings. The standard InChI is InChI=1S/C18H18N4O2S2/c1-26(23,24)22-10-9-14-11-13(7-8-17(14)22)16-12-25-18(21-20-16)19-15-5-3-2-4-6-15/h2-8,11H,9-10,12H2,1H3,(H,19,21). The number of nitrogens with one attached hydrogen (secondary N) is 1. The van der Waals surface area contributed by atoms with Crippen molar-refractivity contribution >= 4 is 44.0 Å². The van der Waals surface area contributed by atoms with E-state index in [9.17, 15) is 8.42 Å². The predicted octanol–water partition coefficient (Wildman–Crippen LogP) is 2.74. The summed E-state index contributed by atoms with van der Waals surface area (Å²) in [6.45, 7) is 0.505. The van der Waals surface area contributed by atoms with Crippen LogP contribution in [0.15, 0.2) is 58.6 Å². The Morgan fingerprint density at radius 3 is 2.69 bits per heavy atom. The molecule has 0 radical (unpaired) electrons. The van der Waals surface area contributed by atoms with E-state index in [2.05, 4.69) is 15.5 Å². The van der Waals surface area contributed by atoms with Gasteiger partial charge in [0, 0.05) is 12.3 Å². The number of hydrogen-bond donors (Lipinski definition) is 1. The van der Waals surface area contributed by atoms with E-state index < -0.39 is 10.0 Å². The van der Waals surface area contributed by atoms with Crippen molar-refractivity contribution in [1.82, 2.24) is 5.43 Å². The summed E-state index contributed by atoms with van der Waals surface area (Å²) in [5.41, 5.74) is 7.67. The molecule has 0 amide bonds. The number of sulfonamides is 1. The maximum atomic E-state index is 11.8. The van der Waals surface area contributed by atoms with Crippen molar-refractivity contribution in [2.75, 3.05) is 22.9 Å². The summed E-state index contributed by atoms with van der Waals surface area (Å²) >= 11 is 1.60. The Morgan fingerprint density at radius 2 is 2.00 bits per heavy atom. The van der Waals surface area contributed by atoms with E-state index in [1.807, 2.05) is 48.5 Å². The molecular weight excluding hydrogens is 368 g/mol. The molecule has 0 atom stereocenters. The Labute approximate surface area is 157 Å². The lowest BCUT2D eigenvalue weighted by atomic mass is 10.1. The molecule has 0 fully saturated rings. The topological polar surface area (TPSA) is 74.1 Å². The minimum absolute atomic E-state index is 0.505. The zero-order chi connectivity index (χ0) is 18.1. The summed E-state index contributed by atoms with van der Waals surface area (Å²) in [6.07, 6.45) is 1.97. The molecule has 2 aromatic carbocycles. The maximum absolute atomic E-state index is 11.8. The minimum Gasteiger partial charge on any atom is -0.270 e. The van der Waals surface area contributed by atoms with Crippen LogP contribution >= 0.6 is 11.8 Å². The van der Waals surface area contributed by atoms with E-state index in [1.54, 1.807) is 11.8 Å². The van der Waals surface area contributed by atoms with Gasteiger partial charge < -0.3 is 0 Å². The molecule has 0 aliphatic carbocycles. The fourth-order valence-corrected chi connectivity index (χ4v) is 4.78. The number of thioether (sulfide) groups is 1. The van der Waals surface area contributed by atoms with Crippen LogP contribution in [0.5, 0.6) is 0 Å². The quantitative estimate of drug-likeness (QED) is 0.880. The van der Waals surface area contributed by atoms with Gasteiger partial charge in [0.1, 0.15) is 0 Å². The summed E-state index contributed by atoms with van der Waals surface area (Å²) in [5, 5.41) is 5.22. The highest BCUT2D eigenvalue weighted by Crippen LogP contribution is 2.31. The third-order valence-electron chi connectivity index (χ3n) is 4.28. The van der Waals surface area contributed by atoms with Gasteiger partial charge in [-0.1, -0.05) is 36.0 Å². The number of hydrogen-bond acceptors (Lipinski definition) is 5. The normalized spacial score (nSPS) is 18.4. The molecule has 0 saturated carbocycles. The molecule has 0 spiro atoms. The average Bonchev–Trinajstić information content (AvgIpc) is 3.07. The van der Waals surface area contributed by atoms with Crippen molar-refractivity contribution in [3.8, 4) is 0 Å². The lowest BCUT2D eigenvalue weighted by Crippen LogP contribution is -2.27. The number of hydrazone groups is 1. The van der Waals surface area contributed by atoms with Crippen LogP contribution in [-0.2, 0) is 16.4 Å². The fraction of sp³-hybridized carbons (Fsp3) is 0.222. The molecule has 2 aromatic rings. The molecule has 8 heteroatoms. The first kappa shape index (κ1) is 17.1. The van der Waals surface area contributed by atoms with E-state index in [0.29, 0.717) is 12.3 Å². The van der Waals surface area contributed by atoms with E-state index in [-0.39, 0.29) is 0 Å². The highest BCUT2D eigenvalue weighted by atomic mass is 32.2. The monoisotopic (exact) mass is 386 g/mol. The molecule has 134 valence electrons. The first-order chi connectivity index (χ1) is 12.5. The number of rotatable bonds is 3. The first-order valence-electron chi connectivity index (χ1n) is 8.21. The molecule has 1 N–H and O–H groups in total. The van der Waals surface area contributed by atoms with Crippen molar-refractivity contribution in [2.45, 2.75) is 6.42 Å². The number of amidine groups is 1. The van der Waals surface area contributed by atoms with Gasteiger partial charge in [0.05, 0.1) is 23.3 Å². The number of fused-ring (bicyclic) bond motifs is 1. The zero-order valence-electron chi connectivity index (χ0n) is 14.2. The third-order valence-corrected chi connectivity index (χ3v) is 6.34. The number of nitrogens with zero attached hydrogens (tertiary/aromatic N) is 3. The number of aliphatic imine (C=N–C) groups is 1. The van der Waals surface area contributed by atoms with Crippen LogP contribution in [0, 0.1) is 0 Å². The predicted molar refractivity (Wildman–Crippen MR) is 108 cm³/mol. The second kappa shape index (κ2) is 6.77. The summed E-state index contributed by atoms with van der Waals surface area (Å²) in [6, 6.07) is 15.6. The number of anilines is 1. The molecule has 0 aromatic heterocycles. The highest BCUT2D eigenvalue weighted by molar-refractivity contribution is 8.14. The largest absolute Gasteiger partial charge is 0.270 e. The first-order valence-corrected chi connectivity index (χ1v) is 11.0. The molecule has 0 saturated heterocycles. The van der Waals surface area contributed by atoms with Gasteiger partial charge >= 0.3 is 0 Å². The zero-order valence-corrected chi connectivity index (χ0v) is 15.8. The molecule has 26 heavy (non-hydrogen) atoms. The average molecular weight is 387 g/mol. The molecule has 2 aliphatic heterocycles. The summed E-state index contributed by atoms with van der Waals surface area (Å²) in [5.74, 6) is 0.716. The maximum Gasteiger partial charge on any atom is 0.232 e. The Morgan fingerprint density at radius 1 is 1.19 bits per heavy atom. The third kappa shape index (κ3) is 3.47. The smallest absolute Gasteiger partial charge is 0.232 e. The molecule has 0 unspecified atom stereocenters. The van der Waals surface area contributed by atoms with Gasteiger partial charge in [0.15, 0.2) is 5.17 Å². The second-order valence-corrected chi connectivity index (χ2v) is 9.01. The van der Waals surface area contributed by atoms with Crippen molar-refractivity contribution in [3.63, 3.8) is 0 Å². The second-order valence-electron chi connectivity index (χ2n) is 6.14.